The fourth-order valence-electron chi connectivity index (χ4n) is 1.13. The monoisotopic (exact) mass is 205 g/mol. The van der Waals surface area contributed by atoms with E-state index in [1.807, 2.05) is 18.7 Å². The van der Waals surface area contributed by atoms with Crippen molar-refractivity contribution in [3.05, 3.63) is 0 Å². The third-order valence-corrected chi connectivity index (χ3v) is 3.73. The molecule has 1 aliphatic rings. The average Bonchev–Trinajstić information content (AvgIpc) is 2.55. The Morgan fingerprint density at radius 2 is 2.58 bits per heavy atom. The van der Waals surface area contributed by atoms with E-state index in [1.54, 1.807) is 0 Å². The minimum absolute atomic E-state index is 0.0910. The van der Waals surface area contributed by atoms with Crippen molar-refractivity contribution >= 4 is 30.3 Å². The topological polar surface area (TPSA) is 29.1 Å². The fraction of sp³-hybridized carbons (Fsp3) is 0.875. The third-order valence-electron chi connectivity index (χ3n) is 1.97. The van der Waals surface area contributed by atoms with Crippen LogP contribution in [-0.2, 0) is 4.79 Å². The van der Waals surface area contributed by atoms with E-state index in [2.05, 4.69) is 17.9 Å². The molecule has 0 aromatic rings. The van der Waals surface area contributed by atoms with Gasteiger partial charge in [-0.25, -0.2) is 0 Å². The van der Waals surface area contributed by atoms with E-state index in [9.17, 15) is 4.79 Å². The molecule has 0 aliphatic carbocycles. The number of carbonyl (C=O) groups is 1. The number of hydrogen-bond acceptors (Lipinski definition) is 3. The van der Waals surface area contributed by atoms with Gasteiger partial charge >= 0.3 is 0 Å². The summed E-state index contributed by atoms with van der Waals surface area (Å²) in [5.74, 6) is 2.33. The summed E-state index contributed by atoms with van der Waals surface area (Å²) in [4.78, 5) is 11.3. The molecule has 1 amide bonds. The van der Waals surface area contributed by atoms with Crippen LogP contribution in [0.25, 0.3) is 0 Å². The maximum absolute atomic E-state index is 11.3. The molecule has 2 atom stereocenters. The Morgan fingerprint density at radius 1 is 1.83 bits per heavy atom. The van der Waals surface area contributed by atoms with Crippen molar-refractivity contribution in [2.75, 3.05) is 11.5 Å². The van der Waals surface area contributed by atoms with Crippen molar-refractivity contribution in [2.45, 2.75) is 31.1 Å². The molecule has 0 radical (unpaired) electrons. The second-order valence-corrected chi connectivity index (χ2v) is 4.77. The molecular weight excluding hydrogens is 190 g/mol. The highest BCUT2D eigenvalue weighted by Crippen LogP contribution is 2.17. The number of carbonyl (C=O) groups excluding carboxylic acids is 1. The van der Waals surface area contributed by atoms with E-state index < -0.39 is 0 Å². The molecule has 12 heavy (non-hydrogen) atoms. The van der Waals surface area contributed by atoms with Gasteiger partial charge in [0.2, 0.25) is 5.91 Å². The average molecular weight is 205 g/mol. The van der Waals surface area contributed by atoms with Crippen LogP contribution in [0.1, 0.15) is 19.8 Å². The highest BCUT2D eigenvalue weighted by Gasteiger charge is 2.20. The lowest BCUT2D eigenvalue weighted by atomic mass is 10.2. The van der Waals surface area contributed by atoms with Crippen molar-refractivity contribution < 1.29 is 4.79 Å². The van der Waals surface area contributed by atoms with Gasteiger partial charge in [-0.05, 0) is 18.6 Å². The highest BCUT2D eigenvalue weighted by atomic mass is 32.2. The van der Waals surface area contributed by atoms with E-state index in [0.29, 0.717) is 6.04 Å². The van der Waals surface area contributed by atoms with Gasteiger partial charge in [-0.15, -0.1) is 0 Å². The summed E-state index contributed by atoms with van der Waals surface area (Å²) in [5.41, 5.74) is 0. The van der Waals surface area contributed by atoms with Gasteiger partial charge in [-0.3, -0.25) is 4.79 Å². The summed E-state index contributed by atoms with van der Waals surface area (Å²) in [6.07, 6.45) is 1.91. The van der Waals surface area contributed by atoms with Crippen molar-refractivity contribution in [3.8, 4) is 0 Å². The summed E-state index contributed by atoms with van der Waals surface area (Å²) < 4.78 is 0. The van der Waals surface area contributed by atoms with Crippen LogP contribution in [0, 0.1) is 0 Å². The molecule has 1 fully saturated rings. The van der Waals surface area contributed by atoms with Gasteiger partial charge in [0, 0.05) is 11.8 Å². The molecule has 2 nitrogen and oxygen atoms in total. The minimum atomic E-state index is -0.129. The van der Waals surface area contributed by atoms with Crippen LogP contribution >= 0.6 is 24.4 Å². The lowest BCUT2D eigenvalue weighted by Crippen LogP contribution is -2.39. The zero-order chi connectivity index (χ0) is 8.97. The number of amides is 1. The van der Waals surface area contributed by atoms with Gasteiger partial charge in [0.15, 0.2) is 0 Å². The van der Waals surface area contributed by atoms with E-state index in [4.69, 9.17) is 0 Å². The van der Waals surface area contributed by atoms with Gasteiger partial charge in [-0.1, -0.05) is 6.92 Å². The van der Waals surface area contributed by atoms with E-state index in [1.165, 1.54) is 5.75 Å². The smallest absolute Gasteiger partial charge is 0.233 e. The van der Waals surface area contributed by atoms with E-state index in [-0.39, 0.29) is 11.2 Å². The maximum atomic E-state index is 11.3. The SMILES string of the molecule is CCC(S)C(=O)NC1CCSC1. The summed E-state index contributed by atoms with van der Waals surface area (Å²) in [5, 5.41) is 2.86. The highest BCUT2D eigenvalue weighted by molar-refractivity contribution is 7.99. The first-order chi connectivity index (χ1) is 5.74. The minimum Gasteiger partial charge on any atom is -0.352 e. The second kappa shape index (κ2) is 5.02. The standard InChI is InChI=1S/C8H15NOS2/c1-2-7(11)8(10)9-6-3-4-12-5-6/h6-7,11H,2-5H2,1H3,(H,9,10). The normalized spacial score (nSPS) is 25.3. The Morgan fingerprint density at radius 3 is 3.08 bits per heavy atom. The van der Waals surface area contributed by atoms with Crippen LogP contribution in [0.15, 0.2) is 0 Å². The molecule has 1 N–H and O–H groups in total. The summed E-state index contributed by atoms with van der Waals surface area (Å²) >= 11 is 6.08. The lowest BCUT2D eigenvalue weighted by Gasteiger charge is -2.13. The molecule has 2 unspecified atom stereocenters. The van der Waals surface area contributed by atoms with Crippen LogP contribution in [0.2, 0.25) is 0 Å². The Hall–Kier alpha value is 0.170. The molecule has 1 heterocycles. The number of thiol groups is 1. The lowest BCUT2D eigenvalue weighted by molar-refractivity contribution is -0.121. The first kappa shape index (κ1) is 10.3. The van der Waals surface area contributed by atoms with E-state index >= 15 is 0 Å². The van der Waals surface area contributed by atoms with Gasteiger partial charge in [0.25, 0.3) is 0 Å². The first-order valence-electron chi connectivity index (χ1n) is 4.30. The molecule has 1 aliphatic heterocycles. The van der Waals surface area contributed by atoms with Crippen LogP contribution in [0.4, 0.5) is 0 Å². The number of hydrogen-bond donors (Lipinski definition) is 2. The fourth-order valence-corrected chi connectivity index (χ4v) is 2.36. The van der Waals surface area contributed by atoms with Crippen LogP contribution in [0.5, 0.6) is 0 Å². The summed E-state index contributed by atoms with van der Waals surface area (Å²) in [6.45, 7) is 1.97. The van der Waals surface area contributed by atoms with E-state index in [0.717, 1.165) is 18.6 Å². The van der Waals surface area contributed by atoms with Crippen molar-refractivity contribution in [1.29, 1.82) is 0 Å². The largest absolute Gasteiger partial charge is 0.352 e. The molecule has 1 saturated heterocycles. The Balaban J connectivity index is 2.25. The van der Waals surface area contributed by atoms with Crippen molar-refractivity contribution in [2.24, 2.45) is 0 Å². The Bertz CT molecular complexity index is 157. The zero-order valence-electron chi connectivity index (χ0n) is 7.25. The molecule has 0 bridgehead atoms. The third kappa shape index (κ3) is 2.90. The Labute approximate surface area is 83.3 Å². The quantitative estimate of drug-likeness (QED) is 0.680. The predicted molar refractivity (Wildman–Crippen MR) is 56.9 cm³/mol. The Kier molecular flexibility index (Phi) is 4.29. The van der Waals surface area contributed by atoms with Gasteiger partial charge in [0.05, 0.1) is 5.25 Å². The molecule has 0 spiro atoms. The number of rotatable bonds is 3. The number of nitrogens with one attached hydrogen (secondary N) is 1. The molecule has 70 valence electrons. The summed E-state index contributed by atoms with van der Waals surface area (Å²) in [7, 11) is 0. The molecule has 0 saturated carbocycles. The molecule has 0 aromatic carbocycles. The molecular formula is C8H15NOS2. The molecule has 4 heteroatoms. The second-order valence-electron chi connectivity index (χ2n) is 2.99. The van der Waals surface area contributed by atoms with Crippen molar-refractivity contribution in [1.82, 2.24) is 5.32 Å². The van der Waals surface area contributed by atoms with Crippen LogP contribution < -0.4 is 5.32 Å². The van der Waals surface area contributed by atoms with Crippen molar-refractivity contribution in [3.63, 3.8) is 0 Å². The maximum Gasteiger partial charge on any atom is 0.233 e. The van der Waals surface area contributed by atoms with Crippen LogP contribution in [-0.4, -0.2) is 28.7 Å². The predicted octanol–water partition coefficient (Wildman–Crippen LogP) is 1.32. The van der Waals surface area contributed by atoms with Gasteiger partial charge in [-0.2, -0.15) is 24.4 Å². The first-order valence-corrected chi connectivity index (χ1v) is 5.97. The zero-order valence-corrected chi connectivity index (χ0v) is 8.96. The van der Waals surface area contributed by atoms with Crippen LogP contribution in [0.3, 0.4) is 0 Å². The van der Waals surface area contributed by atoms with Gasteiger partial charge in [0.1, 0.15) is 0 Å². The summed E-state index contributed by atoms with van der Waals surface area (Å²) in [6, 6.07) is 0.392. The molecule has 0 aromatic heterocycles. The number of thioether (sulfide) groups is 1. The van der Waals surface area contributed by atoms with Gasteiger partial charge < -0.3 is 5.32 Å². The molecule has 1 rings (SSSR count).